The van der Waals surface area contributed by atoms with Crippen molar-refractivity contribution < 1.29 is 66.0 Å². The number of carbonyl (C=O) groups is 1. The van der Waals surface area contributed by atoms with Crippen molar-refractivity contribution in [3.05, 3.63) is 58.1 Å². The molecule has 0 atom stereocenters. The van der Waals surface area contributed by atoms with E-state index in [-0.39, 0.29) is 62.9 Å². The predicted molar refractivity (Wildman–Crippen MR) is 94.2 cm³/mol. The Bertz CT molecular complexity index is 1090. The molecule has 0 aromatic carbocycles. The van der Waals surface area contributed by atoms with Crippen LogP contribution < -0.4 is 72.5 Å². The maximum absolute atomic E-state index is 12.6. The quantitative estimate of drug-likeness (QED) is 0.527. The van der Waals surface area contributed by atoms with Crippen molar-refractivity contribution >= 4 is 17.3 Å². The summed E-state index contributed by atoms with van der Waals surface area (Å²) in [4.78, 5) is 28.0. The molecule has 7 nitrogen and oxygen atoms in total. The smallest absolute Gasteiger partial charge is 0.545 e. The molecule has 0 aliphatic heterocycles. The Balaban J connectivity index is 0.00000210. The summed E-state index contributed by atoms with van der Waals surface area (Å²) in [5.74, 6) is -0.362. The number of carbonyl (C=O) groups excluding carboxylic acids is 1. The average molecular weight is 389 g/mol. The molecule has 0 spiro atoms. The van der Waals surface area contributed by atoms with Gasteiger partial charge in [-0.3, -0.25) is 9.20 Å². The number of nitrogens with two attached hydrogens (primary N) is 1. The molecule has 2 N–H and O–H groups in total. The number of carboxylic acid groups (broad SMARTS) is 1. The van der Waals surface area contributed by atoms with Crippen LogP contribution >= 0.6 is 0 Å². The largest absolute Gasteiger partial charge is 1.00 e. The summed E-state index contributed by atoms with van der Waals surface area (Å²) in [6, 6.07) is 6.64. The summed E-state index contributed by atoms with van der Waals surface area (Å²) in [5.41, 5.74) is 7.59. The van der Waals surface area contributed by atoms with Crippen LogP contribution in [-0.2, 0) is 0 Å². The van der Waals surface area contributed by atoms with Gasteiger partial charge in [0.05, 0.1) is 24.2 Å². The SMILES string of the molecule is COc1c(-c2ccc(N)nc2)ccn2c(=O)c(C(=O)[O-])cc(C3CC3)c12.[K+]. The van der Waals surface area contributed by atoms with Crippen LogP contribution in [0.25, 0.3) is 16.6 Å². The Morgan fingerprint density at radius 1 is 1.33 bits per heavy atom. The van der Waals surface area contributed by atoms with Crippen LogP contribution in [0, 0.1) is 0 Å². The third-order valence-corrected chi connectivity index (χ3v) is 4.65. The number of pyridine rings is 3. The van der Waals surface area contributed by atoms with Crippen LogP contribution in [0.5, 0.6) is 5.75 Å². The maximum atomic E-state index is 12.6. The van der Waals surface area contributed by atoms with Gasteiger partial charge >= 0.3 is 51.4 Å². The first-order valence-electron chi connectivity index (χ1n) is 8.20. The van der Waals surface area contributed by atoms with Crippen LogP contribution in [0.15, 0.2) is 41.5 Å². The molecule has 132 valence electrons. The first-order chi connectivity index (χ1) is 12.5. The Hall–Kier alpha value is -1.71. The average Bonchev–Trinajstić information content (AvgIpc) is 3.46. The molecule has 3 heterocycles. The van der Waals surface area contributed by atoms with Crippen molar-refractivity contribution in [2.45, 2.75) is 18.8 Å². The molecule has 0 saturated heterocycles. The predicted octanol–water partition coefficient (Wildman–Crippen LogP) is -1.80. The van der Waals surface area contributed by atoms with Crippen molar-refractivity contribution in [1.29, 1.82) is 0 Å². The van der Waals surface area contributed by atoms with E-state index in [4.69, 9.17) is 10.5 Å². The van der Waals surface area contributed by atoms with E-state index in [1.54, 1.807) is 24.5 Å². The van der Waals surface area contributed by atoms with Gasteiger partial charge in [0.1, 0.15) is 5.82 Å². The van der Waals surface area contributed by atoms with Crippen LogP contribution in [0.3, 0.4) is 0 Å². The molecule has 1 aliphatic rings. The summed E-state index contributed by atoms with van der Waals surface area (Å²) >= 11 is 0. The van der Waals surface area contributed by atoms with Crippen molar-refractivity contribution in [2.24, 2.45) is 0 Å². The molecule has 3 aromatic heterocycles. The number of rotatable bonds is 4. The fourth-order valence-electron chi connectivity index (χ4n) is 3.24. The third-order valence-electron chi connectivity index (χ3n) is 4.65. The molecule has 27 heavy (non-hydrogen) atoms. The van der Waals surface area contributed by atoms with E-state index in [0.717, 1.165) is 29.5 Å². The number of methoxy groups -OCH3 is 1. The second kappa shape index (κ2) is 7.73. The van der Waals surface area contributed by atoms with Crippen LogP contribution in [0.2, 0.25) is 0 Å². The van der Waals surface area contributed by atoms with E-state index < -0.39 is 11.5 Å². The van der Waals surface area contributed by atoms with Gasteiger partial charge in [-0.1, -0.05) is 0 Å². The van der Waals surface area contributed by atoms with Gasteiger partial charge in [-0.2, -0.15) is 0 Å². The summed E-state index contributed by atoms with van der Waals surface area (Å²) in [6.45, 7) is 0. The number of hydrogen-bond donors (Lipinski definition) is 1. The van der Waals surface area contributed by atoms with Gasteiger partial charge in [0.2, 0.25) is 0 Å². The van der Waals surface area contributed by atoms with Crippen LogP contribution in [0.4, 0.5) is 5.82 Å². The Morgan fingerprint density at radius 2 is 2.07 bits per heavy atom. The van der Waals surface area contributed by atoms with Gasteiger partial charge < -0.3 is 20.4 Å². The number of nitrogen functional groups attached to an aromatic ring is 1. The monoisotopic (exact) mass is 389 g/mol. The third kappa shape index (κ3) is 3.55. The molecule has 8 heteroatoms. The fraction of sp³-hybridized carbons (Fsp3) is 0.211. The van der Waals surface area contributed by atoms with Gasteiger partial charge in [0.25, 0.3) is 5.56 Å². The van der Waals surface area contributed by atoms with Gasteiger partial charge in [0, 0.05) is 23.5 Å². The Labute approximate surface area is 197 Å². The van der Waals surface area contributed by atoms with Gasteiger partial charge in [-0.05, 0) is 48.6 Å². The van der Waals surface area contributed by atoms with E-state index in [2.05, 4.69) is 4.98 Å². The first kappa shape index (κ1) is 20.0. The zero-order chi connectivity index (χ0) is 18.4. The summed E-state index contributed by atoms with van der Waals surface area (Å²) < 4.78 is 6.96. The van der Waals surface area contributed by atoms with Gasteiger partial charge in [0.15, 0.2) is 5.75 Å². The molecule has 0 amide bonds. The van der Waals surface area contributed by atoms with Crippen molar-refractivity contribution in [3.63, 3.8) is 0 Å². The number of hydrogen-bond acceptors (Lipinski definition) is 6. The molecule has 1 aliphatic carbocycles. The number of anilines is 1. The normalized spacial score (nSPS) is 13.2. The zero-order valence-electron chi connectivity index (χ0n) is 15.1. The summed E-state index contributed by atoms with van der Waals surface area (Å²) in [6.07, 6.45) is 5.08. The number of nitrogens with zero attached hydrogens (tertiary/aromatic N) is 2. The van der Waals surface area contributed by atoms with E-state index in [0.29, 0.717) is 17.1 Å². The second-order valence-electron chi connectivity index (χ2n) is 6.33. The number of ether oxygens (including phenoxy) is 1. The topological polar surface area (TPSA) is 110 Å². The van der Waals surface area contributed by atoms with Crippen molar-refractivity contribution in [3.8, 4) is 16.9 Å². The maximum Gasteiger partial charge on any atom is 1.00 e. The standard InChI is InChI=1S/C19H17N3O4.K/c1-26-17-12(11-4-5-15(20)21-9-11)6-7-22-16(17)13(10-2-3-10)8-14(18(22)23)19(24)25;/h4-10H,2-3H2,1H3,(H2,20,21)(H,24,25);/q;+1/p-1. The minimum atomic E-state index is -1.47. The molecule has 3 aromatic rings. The van der Waals surface area contributed by atoms with Crippen molar-refractivity contribution in [1.82, 2.24) is 9.38 Å². The van der Waals surface area contributed by atoms with E-state index >= 15 is 0 Å². The molecular weight excluding hydrogens is 373 g/mol. The molecular formula is C19H16KN3O4. The number of aromatic carboxylic acids is 1. The van der Waals surface area contributed by atoms with E-state index in [9.17, 15) is 14.7 Å². The minimum absolute atomic E-state index is 0. The molecule has 1 saturated carbocycles. The molecule has 0 bridgehead atoms. The van der Waals surface area contributed by atoms with Crippen LogP contribution in [-0.4, -0.2) is 22.5 Å². The molecule has 1 fully saturated rings. The fourth-order valence-corrected chi connectivity index (χ4v) is 3.24. The van der Waals surface area contributed by atoms with Crippen molar-refractivity contribution in [2.75, 3.05) is 12.8 Å². The number of carboxylic acids is 1. The Kier molecular flexibility index (Phi) is 5.73. The van der Waals surface area contributed by atoms with Gasteiger partial charge in [-0.25, -0.2) is 4.98 Å². The summed E-state index contributed by atoms with van der Waals surface area (Å²) in [5, 5.41) is 11.4. The first-order valence-corrected chi connectivity index (χ1v) is 8.20. The van der Waals surface area contributed by atoms with Crippen LogP contribution in [0.1, 0.15) is 34.7 Å². The number of fused-ring (bicyclic) bond motifs is 1. The molecule has 0 radical (unpaired) electrons. The Morgan fingerprint density at radius 3 is 2.63 bits per heavy atom. The van der Waals surface area contributed by atoms with E-state index in [1.807, 2.05) is 6.07 Å². The zero-order valence-corrected chi connectivity index (χ0v) is 18.2. The molecule has 0 unspecified atom stereocenters. The minimum Gasteiger partial charge on any atom is -0.545 e. The second-order valence-corrected chi connectivity index (χ2v) is 6.33. The van der Waals surface area contributed by atoms with Gasteiger partial charge in [-0.15, -0.1) is 0 Å². The molecule has 4 rings (SSSR count). The summed E-state index contributed by atoms with van der Waals surface area (Å²) in [7, 11) is 1.53. The van der Waals surface area contributed by atoms with E-state index in [1.165, 1.54) is 17.6 Å². The number of aromatic nitrogens is 2.